The molecule has 0 saturated heterocycles. The maximum absolute atomic E-state index is 11.7. The molecular weight excluding hydrogens is 296 g/mol. The monoisotopic (exact) mass is 306 g/mol. The SMILES string of the molecule is C=NNc1nc(O)c(N=Nc2c(O)nc(C)[nH]c2=O)c(=O)[nH]1. The van der Waals surface area contributed by atoms with Crippen molar-refractivity contribution in [2.24, 2.45) is 15.3 Å². The molecule has 2 rings (SSSR count). The van der Waals surface area contributed by atoms with Crippen LogP contribution in [0.25, 0.3) is 0 Å². The van der Waals surface area contributed by atoms with Gasteiger partial charge in [-0.1, -0.05) is 0 Å². The summed E-state index contributed by atoms with van der Waals surface area (Å²) >= 11 is 0. The van der Waals surface area contributed by atoms with Crippen LogP contribution in [0.5, 0.6) is 11.8 Å². The van der Waals surface area contributed by atoms with Gasteiger partial charge in [-0.15, -0.1) is 10.2 Å². The molecule has 2 aromatic rings. The third-order valence-electron chi connectivity index (χ3n) is 2.31. The Kier molecular flexibility index (Phi) is 3.92. The Balaban J connectivity index is 2.46. The van der Waals surface area contributed by atoms with E-state index in [2.05, 4.69) is 47.4 Å². The highest BCUT2D eigenvalue weighted by atomic mass is 16.3. The molecule has 0 spiro atoms. The number of nitrogens with one attached hydrogen (secondary N) is 3. The van der Waals surface area contributed by atoms with Gasteiger partial charge in [0, 0.05) is 6.72 Å². The van der Waals surface area contributed by atoms with Gasteiger partial charge in [0.15, 0.2) is 0 Å². The van der Waals surface area contributed by atoms with Crippen molar-refractivity contribution in [3.05, 3.63) is 26.5 Å². The van der Waals surface area contributed by atoms with E-state index in [1.165, 1.54) is 6.92 Å². The zero-order chi connectivity index (χ0) is 16.3. The lowest BCUT2D eigenvalue weighted by molar-refractivity contribution is 0.448. The molecule has 5 N–H and O–H groups in total. The molecule has 2 heterocycles. The second-order valence-electron chi connectivity index (χ2n) is 3.88. The molecule has 0 bridgehead atoms. The fourth-order valence-electron chi connectivity index (χ4n) is 1.43. The first-order chi connectivity index (χ1) is 10.4. The van der Waals surface area contributed by atoms with Crippen LogP contribution in [0.4, 0.5) is 17.3 Å². The highest BCUT2D eigenvalue weighted by Gasteiger charge is 2.12. The van der Waals surface area contributed by atoms with Crippen LogP contribution < -0.4 is 16.5 Å². The quantitative estimate of drug-likeness (QED) is 0.299. The van der Waals surface area contributed by atoms with Crippen molar-refractivity contribution in [1.29, 1.82) is 0 Å². The molecule has 12 heteroatoms. The van der Waals surface area contributed by atoms with Gasteiger partial charge >= 0.3 is 0 Å². The molecule has 0 saturated carbocycles. The van der Waals surface area contributed by atoms with Gasteiger partial charge in [-0.05, 0) is 6.92 Å². The van der Waals surface area contributed by atoms with Crippen LogP contribution in [0.3, 0.4) is 0 Å². The van der Waals surface area contributed by atoms with Gasteiger partial charge in [-0.2, -0.15) is 15.1 Å². The minimum absolute atomic E-state index is 0.158. The molecule has 0 unspecified atom stereocenters. The van der Waals surface area contributed by atoms with Crippen molar-refractivity contribution in [3.63, 3.8) is 0 Å². The predicted octanol–water partition coefficient (Wildman–Crippen LogP) is 0.0157. The van der Waals surface area contributed by atoms with Crippen molar-refractivity contribution < 1.29 is 10.2 Å². The van der Waals surface area contributed by atoms with Gasteiger partial charge in [0.25, 0.3) is 11.1 Å². The normalized spacial score (nSPS) is 10.8. The average Bonchev–Trinajstić information content (AvgIpc) is 2.40. The number of H-pyrrole nitrogens is 2. The van der Waals surface area contributed by atoms with Crippen LogP contribution in [-0.4, -0.2) is 36.9 Å². The molecule has 114 valence electrons. The van der Waals surface area contributed by atoms with E-state index in [1.54, 1.807) is 0 Å². The molecule has 0 aliphatic heterocycles. The number of rotatable bonds is 4. The van der Waals surface area contributed by atoms with E-state index in [9.17, 15) is 19.8 Å². The second-order valence-corrected chi connectivity index (χ2v) is 3.88. The lowest BCUT2D eigenvalue weighted by Gasteiger charge is -2.01. The van der Waals surface area contributed by atoms with Crippen LogP contribution >= 0.6 is 0 Å². The van der Waals surface area contributed by atoms with Gasteiger partial charge in [0.1, 0.15) is 5.82 Å². The van der Waals surface area contributed by atoms with E-state index < -0.39 is 34.3 Å². The van der Waals surface area contributed by atoms with Gasteiger partial charge in [0.05, 0.1) is 0 Å². The first kappa shape index (κ1) is 14.8. The Bertz CT molecular complexity index is 868. The summed E-state index contributed by atoms with van der Waals surface area (Å²) in [6.07, 6.45) is 0. The third-order valence-corrected chi connectivity index (χ3v) is 2.31. The number of hydrazone groups is 1. The molecular formula is C10H10N8O4. The summed E-state index contributed by atoms with van der Waals surface area (Å²) < 4.78 is 0. The summed E-state index contributed by atoms with van der Waals surface area (Å²) in [4.78, 5) is 34.9. The number of azo groups is 1. The van der Waals surface area contributed by atoms with Crippen LogP contribution in [0.2, 0.25) is 0 Å². The minimum Gasteiger partial charge on any atom is -0.492 e. The fourth-order valence-corrected chi connectivity index (χ4v) is 1.43. The first-order valence-corrected chi connectivity index (χ1v) is 5.69. The lowest BCUT2D eigenvalue weighted by atomic mass is 10.5. The summed E-state index contributed by atoms with van der Waals surface area (Å²) in [5, 5.41) is 29.2. The van der Waals surface area contributed by atoms with Crippen molar-refractivity contribution in [2.75, 3.05) is 5.43 Å². The van der Waals surface area contributed by atoms with Crippen molar-refractivity contribution in [2.45, 2.75) is 6.92 Å². The van der Waals surface area contributed by atoms with Crippen molar-refractivity contribution in [1.82, 2.24) is 19.9 Å². The third kappa shape index (κ3) is 2.95. The number of nitrogens with zero attached hydrogens (tertiary/aromatic N) is 5. The topological polar surface area (TPSA) is 181 Å². The summed E-state index contributed by atoms with van der Waals surface area (Å²) in [7, 11) is 0. The Labute approximate surface area is 121 Å². The van der Waals surface area contributed by atoms with Crippen LogP contribution in [0.1, 0.15) is 5.82 Å². The Morgan fingerprint density at radius 2 is 1.59 bits per heavy atom. The molecule has 0 atom stereocenters. The summed E-state index contributed by atoms with van der Waals surface area (Å²) in [5.41, 5.74) is -0.457. The van der Waals surface area contributed by atoms with Gasteiger partial charge < -0.3 is 15.2 Å². The molecule has 2 aromatic heterocycles. The molecule has 0 fully saturated rings. The van der Waals surface area contributed by atoms with Crippen molar-refractivity contribution >= 4 is 24.0 Å². The highest BCUT2D eigenvalue weighted by molar-refractivity contribution is 5.49. The Hall–Kier alpha value is -3.57. The standard InChI is InChI=1S/C10H10N8O4/c1-3-12-6(19)4(7(20)13-3)16-17-5-8(21)14-10(18-11-2)15-9(5)22/h2H2,1H3,(H2,12,13,19,20)(H3,14,15,18,21,22). The van der Waals surface area contributed by atoms with Crippen LogP contribution in [0.15, 0.2) is 24.9 Å². The number of hydrogen-bond acceptors (Lipinski definition) is 10. The van der Waals surface area contributed by atoms with E-state index in [0.29, 0.717) is 0 Å². The summed E-state index contributed by atoms with van der Waals surface area (Å²) in [6, 6.07) is 0. The summed E-state index contributed by atoms with van der Waals surface area (Å²) in [5.74, 6) is -1.40. The lowest BCUT2D eigenvalue weighted by Crippen LogP contribution is -2.10. The molecule has 0 radical (unpaired) electrons. The molecule has 0 aromatic carbocycles. The number of aryl methyl sites for hydroxylation is 1. The van der Waals surface area contributed by atoms with Gasteiger partial charge in [-0.25, -0.2) is 5.43 Å². The predicted molar refractivity (Wildman–Crippen MR) is 75.1 cm³/mol. The van der Waals surface area contributed by atoms with E-state index in [1.807, 2.05) is 0 Å². The van der Waals surface area contributed by atoms with Crippen molar-refractivity contribution in [3.8, 4) is 11.8 Å². The molecule has 0 amide bonds. The Morgan fingerprint density at radius 3 is 2.09 bits per heavy atom. The molecule has 0 aliphatic rings. The zero-order valence-corrected chi connectivity index (χ0v) is 11.2. The number of anilines is 1. The molecule has 22 heavy (non-hydrogen) atoms. The molecule has 12 nitrogen and oxygen atoms in total. The van der Waals surface area contributed by atoms with Gasteiger partial charge in [0.2, 0.25) is 29.1 Å². The number of aromatic amines is 2. The number of aromatic hydroxyl groups is 2. The highest BCUT2D eigenvalue weighted by Crippen LogP contribution is 2.24. The number of hydrogen-bond donors (Lipinski definition) is 5. The van der Waals surface area contributed by atoms with Crippen LogP contribution in [0, 0.1) is 6.92 Å². The van der Waals surface area contributed by atoms with Gasteiger partial charge in [-0.3, -0.25) is 14.6 Å². The minimum atomic E-state index is -0.849. The zero-order valence-electron chi connectivity index (χ0n) is 11.2. The largest absolute Gasteiger partial charge is 0.492 e. The second kappa shape index (κ2) is 5.82. The summed E-state index contributed by atoms with van der Waals surface area (Å²) in [6.45, 7) is 4.58. The number of aromatic nitrogens is 4. The maximum atomic E-state index is 11.7. The van der Waals surface area contributed by atoms with E-state index in [-0.39, 0.29) is 11.8 Å². The fraction of sp³-hybridized carbons (Fsp3) is 0.100. The first-order valence-electron chi connectivity index (χ1n) is 5.69. The van der Waals surface area contributed by atoms with E-state index in [4.69, 9.17) is 0 Å². The smallest absolute Gasteiger partial charge is 0.284 e. The van der Waals surface area contributed by atoms with E-state index >= 15 is 0 Å². The van der Waals surface area contributed by atoms with E-state index in [0.717, 1.165) is 0 Å². The van der Waals surface area contributed by atoms with Crippen LogP contribution in [-0.2, 0) is 0 Å². The average molecular weight is 306 g/mol. The molecule has 0 aliphatic carbocycles. The Morgan fingerprint density at radius 1 is 1.05 bits per heavy atom. The maximum Gasteiger partial charge on any atom is 0.284 e.